The monoisotopic (exact) mass is 992 g/mol. The van der Waals surface area contributed by atoms with Crippen molar-refractivity contribution in [3.63, 3.8) is 0 Å². The molecule has 0 aromatic rings. The summed E-state index contributed by atoms with van der Waals surface area (Å²) in [5.74, 6) is -0.692. The summed E-state index contributed by atoms with van der Waals surface area (Å²) in [6.45, 7) is 2.75. The molecule has 69 heavy (non-hydrogen) atoms. The van der Waals surface area contributed by atoms with Crippen LogP contribution in [0.15, 0.2) is 0 Å². The third kappa shape index (κ3) is 27.7. The van der Waals surface area contributed by atoms with Gasteiger partial charge in [0.2, 0.25) is 5.91 Å². The number of aliphatic hydroxyl groups is 9. The number of hydrogen-bond donors (Lipinski definition) is 10. The maximum Gasteiger partial charge on any atom is 0.249 e. The van der Waals surface area contributed by atoms with Gasteiger partial charge in [0.05, 0.1) is 32.0 Å². The lowest BCUT2D eigenvalue weighted by atomic mass is 9.98. The zero-order valence-corrected chi connectivity index (χ0v) is 43.4. The zero-order valence-electron chi connectivity index (χ0n) is 43.4. The lowest BCUT2D eigenvalue weighted by Gasteiger charge is -2.42. The number of carbonyl (C=O) groups is 1. The Morgan fingerprint density at radius 2 is 0.768 bits per heavy atom. The van der Waals surface area contributed by atoms with Gasteiger partial charge >= 0.3 is 0 Å². The molecule has 2 rings (SSSR count). The molecule has 0 unspecified atom stereocenters. The van der Waals surface area contributed by atoms with E-state index >= 15 is 0 Å². The van der Waals surface area contributed by atoms with Crippen LogP contribution in [0.1, 0.15) is 239 Å². The van der Waals surface area contributed by atoms with Crippen LogP contribution in [0.5, 0.6) is 0 Å². The van der Waals surface area contributed by atoms with Gasteiger partial charge in [-0.05, 0) is 12.8 Å². The molecule has 15 nitrogen and oxygen atoms in total. The molecule has 2 aliphatic heterocycles. The molecule has 2 saturated heterocycles. The molecule has 2 aliphatic rings. The van der Waals surface area contributed by atoms with Gasteiger partial charge in [-0.15, -0.1) is 0 Å². The topological polar surface area (TPSA) is 248 Å². The quantitative estimate of drug-likeness (QED) is 0.0265. The Balaban J connectivity index is 1.93. The lowest BCUT2D eigenvalue weighted by Crippen LogP contribution is -2.62. The van der Waals surface area contributed by atoms with Gasteiger partial charge in [-0.2, -0.15) is 0 Å². The fraction of sp³-hybridized carbons (Fsp3) is 0.981. The lowest BCUT2D eigenvalue weighted by molar-refractivity contribution is -0.319. The van der Waals surface area contributed by atoms with Gasteiger partial charge < -0.3 is 70.2 Å². The highest BCUT2D eigenvalue weighted by Gasteiger charge is 2.47. The van der Waals surface area contributed by atoms with E-state index in [-0.39, 0.29) is 6.42 Å². The SMILES string of the molecule is CCCCCCCCCCCCCCCCCCCCCC[C@@H](O)C(=O)N[C@@H](CO[C@H]1O[C@H](CO)[C@H](O)[C@H](O)[C@H]1O)[C@@H](CCCCCCCCCCCCCCC)O[C@H]1O[C@H](CO)[C@H](O)[C@H](O)[C@H]1O. The summed E-state index contributed by atoms with van der Waals surface area (Å²) in [6, 6.07) is -1.07. The molecular weight excluding hydrogens is 887 g/mol. The van der Waals surface area contributed by atoms with Crippen LogP contribution in [0.4, 0.5) is 0 Å². The van der Waals surface area contributed by atoms with Crippen LogP contribution in [0.2, 0.25) is 0 Å². The van der Waals surface area contributed by atoms with E-state index in [9.17, 15) is 50.8 Å². The van der Waals surface area contributed by atoms with E-state index in [0.29, 0.717) is 19.3 Å². The maximum absolute atomic E-state index is 13.7. The van der Waals surface area contributed by atoms with Crippen molar-refractivity contribution in [1.29, 1.82) is 0 Å². The van der Waals surface area contributed by atoms with Crippen LogP contribution in [0.25, 0.3) is 0 Å². The second kappa shape index (κ2) is 41.3. The first-order valence-electron chi connectivity index (χ1n) is 28.4. The largest absolute Gasteiger partial charge is 0.394 e. The summed E-state index contributed by atoms with van der Waals surface area (Å²) in [4.78, 5) is 13.7. The van der Waals surface area contributed by atoms with E-state index in [0.717, 1.165) is 44.9 Å². The standard InChI is InChI=1S/C54H105NO14/c1-3-5-7-9-11-13-15-17-18-19-20-21-22-23-25-26-28-30-32-34-36-42(58)52(65)55-41(40-66-53-50(63)48(61)46(59)44(38-56)68-53)43(67-54-51(64)49(62)47(60)45(39-57)69-54)37-35-33-31-29-27-24-16-14-12-10-8-6-4-2/h41-51,53-54,56-64H,3-40H2,1-2H3,(H,55,65)/t41-,42+,43+,44+,45+,46-,47-,48-,49-,50+,51+,53-,54-/m0/s1. The Labute approximate surface area is 417 Å². The van der Waals surface area contributed by atoms with Gasteiger partial charge in [0.1, 0.15) is 54.9 Å². The molecule has 0 saturated carbocycles. The first-order chi connectivity index (χ1) is 33.5. The molecule has 410 valence electrons. The summed E-state index contributed by atoms with van der Waals surface area (Å²) in [5.41, 5.74) is 0. The molecule has 1 amide bonds. The number of ether oxygens (including phenoxy) is 4. The fourth-order valence-electron chi connectivity index (χ4n) is 9.73. The second-order valence-corrected chi connectivity index (χ2v) is 20.6. The van der Waals surface area contributed by atoms with Crippen molar-refractivity contribution < 1.29 is 69.7 Å². The Morgan fingerprint density at radius 3 is 1.13 bits per heavy atom. The van der Waals surface area contributed by atoms with Gasteiger partial charge in [-0.25, -0.2) is 0 Å². The molecule has 0 radical (unpaired) electrons. The molecule has 0 bridgehead atoms. The molecule has 2 fully saturated rings. The van der Waals surface area contributed by atoms with Crippen molar-refractivity contribution in [3.05, 3.63) is 0 Å². The second-order valence-electron chi connectivity index (χ2n) is 20.6. The van der Waals surface area contributed by atoms with Crippen molar-refractivity contribution in [1.82, 2.24) is 5.32 Å². The number of rotatable bonds is 45. The minimum atomic E-state index is -1.72. The molecule has 15 heteroatoms. The maximum atomic E-state index is 13.7. The predicted octanol–water partition coefficient (Wildman–Crippen LogP) is 7.53. The Bertz CT molecular complexity index is 1190. The Morgan fingerprint density at radius 1 is 0.449 bits per heavy atom. The number of amides is 1. The van der Waals surface area contributed by atoms with E-state index in [1.807, 2.05) is 0 Å². The van der Waals surface area contributed by atoms with E-state index in [1.165, 1.54) is 154 Å². The van der Waals surface area contributed by atoms with E-state index in [2.05, 4.69) is 19.2 Å². The highest BCUT2D eigenvalue weighted by Crippen LogP contribution is 2.28. The Hall–Kier alpha value is -1.05. The van der Waals surface area contributed by atoms with Crippen LogP contribution in [-0.2, 0) is 23.7 Å². The summed E-state index contributed by atoms with van der Waals surface area (Å²) >= 11 is 0. The molecule has 13 atom stereocenters. The third-order valence-corrected chi connectivity index (χ3v) is 14.4. The fourth-order valence-corrected chi connectivity index (χ4v) is 9.73. The number of aliphatic hydroxyl groups excluding tert-OH is 9. The molecule has 0 spiro atoms. The molecular formula is C54H105NO14. The van der Waals surface area contributed by atoms with Crippen molar-refractivity contribution in [2.45, 2.75) is 318 Å². The van der Waals surface area contributed by atoms with Crippen LogP contribution >= 0.6 is 0 Å². The highest BCUT2D eigenvalue weighted by molar-refractivity contribution is 5.80. The van der Waals surface area contributed by atoms with E-state index < -0.39 is 105 Å². The minimum absolute atomic E-state index is 0.224. The van der Waals surface area contributed by atoms with Crippen LogP contribution in [0.3, 0.4) is 0 Å². The van der Waals surface area contributed by atoms with Crippen LogP contribution in [-0.4, -0.2) is 151 Å². The van der Waals surface area contributed by atoms with Crippen molar-refractivity contribution >= 4 is 5.91 Å². The Kier molecular flexibility index (Phi) is 38.4. The molecule has 10 N–H and O–H groups in total. The van der Waals surface area contributed by atoms with Crippen LogP contribution in [0, 0.1) is 0 Å². The molecule has 0 aromatic heterocycles. The normalized spacial score (nSPS) is 26.5. The third-order valence-electron chi connectivity index (χ3n) is 14.4. The van der Waals surface area contributed by atoms with E-state index in [4.69, 9.17) is 18.9 Å². The number of carbonyl (C=O) groups excluding carboxylic acids is 1. The van der Waals surface area contributed by atoms with Gasteiger partial charge in [-0.3, -0.25) is 4.79 Å². The van der Waals surface area contributed by atoms with Gasteiger partial charge in [-0.1, -0.05) is 226 Å². The molecule has 0 aromatic carbocycles. The van der Waals surface area contributed by atoms with Gasteiger partial charge in [0.25, 0.3) is 0 Å². The average Bonchev–Trinajstić information content (AvgIpc) is 3.35. The molecule has 2 heterocycles. The highest BCUT2D eigenvalue weighted by atomic mass is 16.7. The average molecular weight is 992 g/mol. The minimum Gasteiger partial charge on any atom is -0.394 e. The van der Waals surface area contributed by atoms with Crippen molar-refractivity contribution in [2.75, 3.05) is 19.8 Å². The molecule has 0 aliphatic carbocycles. The van der Waals surface area contributed by atoms with E-state index in [1.54, 1.807) is 0 Å². The number of unbranched alkanes of at least 4 members (excludes halogenated alkanes) is 31. The predicted molar refractivity (Wildman–Crippen MR) is 269 cm³/mol. The summed E-state index contributed by atoms with van der Waals surface area (Å²) in [5, 5.41) is 97.1. The van der Waals surface area contributed by atoms with Crippen LogP contribution < -0.4 is 5.32 Å². The summed E-state index contributed by atoms with van der Waals surface area (Å²) in [6.07, 6.45) is 22.2. The number of nitrogens with one attached hydrogen (secondary N) is 1. The van der Waals surface area contributed by atoms with Crippen molar-refractivity contribution in [3.8, 4) is 0 Å². The zero-order chi connectivity index (χ0) is 50.5. The number of hydrogen-bond acceptors (Lipinski definition) is 14. The van der Waals surface area contributed by atoms with Gasteiger partial charge in [0, 0.05) is 0 Å². The first-order valence-corrected chi connectivity index (χ1v) is 28.4. The summed E-state index contributed by atoms with van der Waals surface area (Å²) < 4.78 is 23.5. The summed E-state index contributed by atoms with van der Waals surface area (Å²) in [7, 11) is 0. The van der Waals surface area contributed by atoms with Gasteiger partial charge in [0.15, 0.2) is 12.6 Å². The van der Waals surface area contributed by atoms with Crippen molar-refractivity contribution in [2.24, 2.45) is 0 Å². The first kappa shape index (κ1) is 64.1. The smallest absolute Gasteiger partial charge is 0.249 e.